The highest BCUT2D eigenvalue weighted by Gasteiger charge is 2.36. The van der Waals surface area contributed by atoms with Crippen molar-refractivity contribution in [2.45, 2.75) is 6.92 Å². The fourth-order valence-corrected chi connectivity index (χ4v) is 4.32. The lowest BCUT2D eigenvalue weighted by molar-refractivity contribution is -0.275. The Morgan fingerprint density at radius 2 is 1.51 bits per heavy atom. The first-order valence-electron chi connectivity index (χ1n) is 11.9. The summed E-state index contributed by atoms with van der Waals surface area (Å²) >= 11 is 0. The number of fused-ring (bicyclic) bond motifs is 1. The van der Waals surface area contributed by atoms with Gasteiger partial charge in [-0.2, -0.15) is 0 Å². The van der Waals surface area contributed by atoms with Crippen molar-refractivity contribution in [2.24, 2.45) is 7.05 Å². The average molecular weight is 521 g/mol. The van der Waals surface area contributed by atoms with Gasteiger partial charge in [-0.25, -0.2) is 14.4 Å². The second kappa shape index (κ2) is 10.1. The van der Waals surface area contributed by atoms with E-state index in [9.17, 15) is 24.3 Å². The Hall–Kier alpha value is -5.51. The van der Waals surface area contributed by atoms with Crippen LogP contribution in [0.2, 0.25) is 0 Å². The van der Waals surface area contributed by atoms with E-state index in [1.54, 1.807) is 80.7 Å². The Bertz CT molecular complexity index is 1780. The molecule has 4 amide bonds. The van der Waals surface area contributed by atoms with Crippen molar-refractivity contribution in [3.63, 3.8) is 0 Å². The molecule has 2 aromatic carbocycles. The standard InChI is InChI=1S/C29H23N5O5/c1-18-21(26(36)32(2)24-23(18)28(38)34(31-24)20-14-8-4-9-15-20)16-10-5-11-17-22-25(35)30-29(39)33(27(22)37)19-12-6-3-7-13-19/h3-17,38H,1-2H3,(H,30,35,39)/p-1. The lowest BCUT2D eigenvalue weighted by Gasteiger charge is -2.26. The Labute approximate surface area is 222 Å². The first-order valence-corrected chi connectivity index (χ1v) is 11.9. The van der Waals surface area contributed by atoms with Crippen molar-refractivity contribution >= 4 is 40.6 Å². The third-order valence-electron chi connectivity index (χ3n) is 6.32. The number of carbonyl (C=O) groups excluding carboxylic acids is 3. The number of para-hydroxylation sites is 2. The number of aryl methyl sites for hydroxylation is 2. The van der Waals surface area contributed by atoms with Crippen LogP contribution >= 0.6 is 0 Å². The summed E-state index contributed by atoms with van der Waals surface area (Å²) in [6.45, 7) is 1.69. The van der Waals surface area contributed by atoms with Crippen LogP contribution in [-0.2, 0) is 16.6 Å². The second-order valence-corrected chi connectivity index (χ2v) is 8.71. The molecule has 1 aliphatic heterocycles. The lowest BCUT2D eigenvalue weighted by atomic mass is 10.1. The van der Waals surface area contributed by atoms with Crippen LogP contribution in [0.4, 0.5) is 10.5 Å². The molecule has 0 bridgehead atoms. The molecule has 4 aromatic rings. The zero-order valence-electron chi connectivity index (χ0n) is 21.0. The van der Waals surface area contributed by atoms with Gasteiger partial charge >= 0.3 is 6.03 Å². The zero-order chi connectivity index (χ0) is 27.7. The van der Waals surface area contributed by atoms with Crippen LogP contribution in [0.15, 0.2) is 95.3 Å². The first-order chi connectivity index (χ1) is 18.8. The fourth-order valence-electron chi connectivity index (χ4n) is 4.32. The molecule has 39 heavy (non-hydrogen) atoms. The normalized spacial score (nSPS) is 15.3. The molecule has 0 aliphatic carbocycles. The summed E-state index contributed by atoms with van der Waals surface area (Å²) in [7, 11) is 1.55. The van der Waals surface area contributed by atoms with Gasteiger partial charge < -0.3 is 5.11 Å². The Balaban J connectivity index is 1.44. The summed E-state index contributed by atoms with van der Waals surface area (Å²) in [5.74, 6) is -1.89. The quantitative estimate of drug-likeness (QED) is 0.245. The number of aromatic nitrogens is 3. The number of rotatable bonds is 5. The Morgan fingerprint density at radius 3 is 2.18 bits per heavy atom. The number of anilines is 1. The van der Waals surface area contributed by atoms with Crippen molar-refractivity contribution in [1.29, 1.82) is 0 Å². The second-order valence-electron chi connectivity index (χ2n) is 8.71. The predicted octanol–water partition coefficient (Wildman–Crippen LogP) is 2.89. The Morgan fingerprint density at radius 1 is 0.872 bits per heavy atom. The summed E-state index contributed by atoms with van der Waals surface area (Å²) in [5.41, 5.74) is 1.44. The predicted molar refractivity (Wildman–Crippen MR) is 144 cm³/mol. The monoisotopic (exact) mass is 520 g/mol. The van der Waals surface area contributed by atoms with Crippen molar-refractivity contribution in [1.82, 2.24) is 19.7 Å². The Kier molecular flexibility index (Phi) is 6.51. The van der Waals surface area contributed by atoms with Gasteiger partial charge in [0.25, 0.3) is 17.4 Å². The molecule has 10 nitrogen and oxygen atoms in total. The number of allylic oxidation sites excluding steroid dienone is 4. The average Bonchev–Trinajstić information content (AvgIpc) is 3.28. The summed E-state index contributed by atoms with van der Waals surface area (Å²) in [5, 5.41) is 20.0. The van der Waals surface area contributed by atoms with E-state index in [1.807, 2.05) is 6.07 Å². The van der Waals surface area contributed by atoms with Gasteiger partial charge in [-0.15, -0.1) is 5.10 Å². The maximum Gasteiger partial charge on any atom is 0.335 e. The number of carbonyl (C=O) groups is 3. The van der Waals surface area contributed by atoms with Crippen LogP contribution in [0.25, 0.3) is 22.8 Å². The number of imide groups is 2. The molecule has 194 valence electrons. The van der Waals surface area contributed by atoms with Crippen LogP contribution in [0, 0.1) is 6.92 Å². The largest absolute Gasteiger partial charge is 0.858 e. The summed E-state index contributed by atoms with van der Waals surface area (Å²) in [6, 6.07) is 16.4. The van der Waals surface area contributed by atoms with E-state index in [1.165, 1.54) is 27.5 Å². The van der Waals surface area contributed by atoms with Crippen molar-refractivity contribution < 1.29 is 19.5 Å². The molecule has 1 fully saturated rings. The smallest absolute Gasteiger partial charge is 0.335 e. The van der Waals surface area contributed by atoms with E-state index in [2.05, 4.69) is 10.4 Å². The van der Waals surface area contributed by atoms with Crippen LogP contribution in [-0.4, -0.2) is 32.2 Å². The molecule has 2 aromatic heterocycles. The minimum absolute atomic E-state index is 0.221. The molecule has 5 rings (SSSR count). The molecular formula is C29H22N5O5-. The summed E-state index contributed by atoms with van der Waals surface area (Å²) in [4.78, 5) is 51.3. The third-order valence-corrected chi connectivity index (χ3v) is 6.32. The molecule has 0 atom stereocenters. The van der Waals surface area contributed by atoms with Gasteiger partial charge in [0, 0.05) is 23.9 Å². The van der Waals surface area contributed by atoms with Gasteiger partial charge in [-0.05, 0) is 48.9 Å². The number of pyridine rings is 1. The molecule has 1 N–H and O–H groups in total. The number of urea groups is 1. The maximum atomic E-state index is 13.2. The topological polar surface area (TPSA) is 129 Å². The van der Waals surface area contributed by atoms with Crippen molar-refractivity contribution in [2.75, 3.05) is 4.90 Å². The van der Waals surface area contributed by atoms with Gasteiger partial charge in [0.2, 0.25) is 0 Å². The highest BCUT2D eigenvalue weighted by Crippen LogP contribution is 2.29. The number of barbiturate groups is 1. The van der Waals surface area contributed by atoms with Gasteiger partial charge in [0.05, 0.1) is 11.4 Å². The van der Waals surface area contributed by atoms with Crippen LogP contribution in [0.5, 0.6) is 5.88 Å². The van der Waals surface area contributed by atoms with E-state index in [-0.39, 0.29) is 22.7 Å². The fraction of sp³-hybridized carbons (Fsp3) is 0.0690. The molecule has 0 spiro atoms. The van der Waals surface area contributed by atoms with Crippen LogP contribution in [0.1, 0.15) is 11.1 Å². The third kappa shape index (κ3) is 4.44. The van der Waals surface area contributed by atoms with Gasteiger partial charge in [-0.3, -0.25) is 24.3 Å². The van der Waals surface area contributed by atoms with Gasteiger partial charge in [0.1, 0.15) is 5.57 Å². The molecule has 0 saturated carbocycles. The van der Waals surface area contributed by atoms with Crippen LogP contribution < -0.4 is 20.9 Å². The minimum atomic E-state index is -0.827. The van der Waals surface area contributed by atoms with Gasteiger partial charge in [-0.1, -0.05) is 54.6 Å². The molecular weight excluding hydrogens is 498 g/mol. The number of benzene rings is 2. The van der Waals surface area contributed by atoms with E-state index < -0.39 is 17.8 Å². The van der Waals surface area contributed by atoms with Crippen LogP contribution in [0.3, 0.4) is 0 Å². The van der Waals surface area contributed by atoms with Crippen molar-refractivity contribution in [3.8, 4) is 11.6 Å². The first kappa shape index (κ1) is 25.2. The number of nitrogens with one attached hydrogen (secondary N) is 1. The molecule has 1 saturated heterocycles. The summed E-state index contributed by atoms with van der Waals surface area (Å²) in [6.07, 6.45) is 7.38. The minimum Gasteiger partial charge on any atom is -0.858 e. The SMILES string of the molecule is Cc1c(C=CC=CC=C2C(=O)NC(=O)N(c3ccccc3)C2=O)c(=O)n(C)c2nn(-c3ccccc3)c([O-])c12. The molecule has 10 heteroatoms. The van der Waals surface area contributed by atoms with E-state index >= 15 is 0 Å². The molecule has 3 heterocycles. The van der Waals surface area contributed by atoms with E-state index in [4.69, 9.17) is 0 Å². The highest BCUT2D eigenvalue weighted by atomic mass is 16.3. The highest BCUT2D eigenvalue weighted by molar-refractivity contribution is 6.37. The number of amides is 4. The number of hydrogen-bond acceptors (Lipinski definition) is 6. The number of hydrogen-bond donors (Lipinski definition) is 1. The molecule has 1 aliphatic rings. The summed E-state index contributed by atoms with van der Waals surface area (Å²) < 4.78 is 2.60. The van der Waals surface area contributed by atoms with Crippen molar-refractivity contribution in [3.05, 3.63) is 112 Å². The number of nitrogens with zero attached hydrogens (tertiary/aromatic N) is 4. The molecule has 0 unspecified atom stereocenters. The van der Waals surface area contributed by atoms with E-state index in [0.717, 1.165) is 4.90 Å². The molecule has 0 radical (unpaired) electrons. The maximum absolute atomic E-state index is 13.2. The lowest BCUT2D eigenvalue weighted by Crippen LogP contribution is -2.54. The zero-order valence-corrected chi connectivity index (χ0v) is 21.0. The van der Waals surface area contributed by atoms with E-state index in [0.29, 0.717) is 27.9 Å². The van der Waals surface area contributed by atoms with Gasteiger partial charge in [0.15, 0.2) is 5.65 Å².